The highest BCUT2D eigenvalue weighted by atomic mass is 19.1. The van der Waals surface area contributed by atoms with Crippen molar-refractivity contribution < 1.29 is 27.8 Å². The molecule has 1 aromatic carbocycles. The Morgan fingerprint density at radius 2 is 1.78 bits per heavy atom. The summed E-state index contributed by atoms with van der Waals surface area (Å²) in [7, 11) is 1.42. The summed E-state index contributed by atoms with van der Waals surface area (Å²) in [5.74, 6) is -1.52. The lowest BCUT2D eigenvalue weighted by molar-refractivity contribution is -0.148. The summed E-state index contributed by atoms with van der Waals surface area (Å²) in [6, 6.07) is 4.55. The molecule has 1 aliphatic rings. The second kappa shape index (κ2) is 12.3. The zero-order valence-corrected chi connectivity index (χ0v) is 15.9. The van der Waals surface area contributed by atoms with Gasteiger partial charge in [0.05, 0.1) is 20.3 Å². The van der Waals surface area contributed by atoms with E-state index in [1.807, 2.05) is 0 Å². The average Bonchev–Trinajstić information content (AvgIpc) is 3.11. The third-order valence-corrected chi connectivity index (χ3v) is 4.16. The van der Waals surface area contributed by atoms with Gasteiger partial charge in [-0.15, -0.1) is 0 Å². The molecule has 0 aliphatic heterocycles. The molecule has 6 nitrogen and oxygen atoms in total. The van der Waals surface area contributed by atoms with Crippen LogP contribution in [0.4, 0.5) is 8.78 Å². The van der Waals surface area contributed by atoms with E-state index in [0.717, 1.165) is 31.7 Å². The smallest absolute Gasteiger partial charge is 0.326 e. The number of hydrogen-bond acceptors (Lipinski definition) is 6. The van der Waals surface area contributed by atoms with E-state index in [-0.39, 0.29) is 18.5 Å². The minimum atomic E-state index is -0.537. The molecule has 8 heteroatoms. The number of nitrogens with one attached hydrogen (secondary N) is 2. The molecule has 0 saturated heterocycles. The predicted octanol–water partition coefficient (Wildman–Crippen LogP) is 2.18. The molecule has 2 rings (SSSR count). The topological polar surface area (TPSA) is 76.7 Å². The fourth-order valence-electron chi connectivity index (χ4n) is 2.88. The third kappa shape index (κ3) is 8.45. The maximum atomic E-state index is 11.9. The van der Waals surface area contributed by atoms with Gasteiger partial charge in [0.1, 0.15) is 17.2 Å². The van der Waals surface area contributed by atoms with Crippen LogP contribution in [0.3, 0.4) is 0 Å². The molecule has 152 valence electrons. The van der Waals surface area contributed by atoms with Crippen molar-refractivity contribution in [3.63, 3.8) is 0 Å². The van der Waals surface area contributed by atoms with Gasteiger partial charge in [0.25, 0.3) is 0 Å². The van der Waals surface area contributed by atoms with Gasteiger partial charge in [-0.1, -0.05) is 18.9 Å². The molecule has 27 heavy (non-hydrogen) atoms. The highest BCUT2D eigenvalue weighted by Crippen LogP contribution is 2.30. The first-order valence-corrected chi connectivity index (χ1v) is 9.04. The molecule has 0 atom stereocenters. The molecule has 0 amide bonds. The van der Waals surface area contributed by atoms with Crippen molar-refractivity contribution in [3.05, 3.63) is 35.9 Å². The van der Waals surface area contributed by atoms with Crippen LogP contribution < -0.4 is 10.6 Å². The number of hydrogen-bond donors (Lipinski definition) is 2. The maximum absolute atomic E-state index is 11.9. The molecule has 0 spiro atoms. The van der Waals surface area contributed by atoms with Crippen LogP contribution in [0, 0.1) is 11.6 Å². The van der Waals surface area contributed by atoms with E-state index in [0.29, 0.717) is 19.7 Å². The van der Waals surface area contributed by atoms with Gasteiger partial charge in [-0.05, 0) is 31.9 Å². The van der Waals surface area contributed by atoms with E-state index >= 15 is 0 Å². The van der Waals surface area contributed by atoms with Crippen molar-refractivity contribution in [3.8, 4) is 0 Å². The van der Waals surface area contributed by atoms with Crippen molar-refractivity contribution in [1.82, 2.24) is 10.6 Å². The summed E-state index contributed by atoms with van der Waals surface area (Å²) >= 11 is 0. The molecular weight excluding hydrogens is 358 g/mol. The third-order valence-electron chi connectivity index (χ3n) is 4.16. The minimum Gasteiger partial charge on any atom is -0.468 e. The molecule has 0 radical (unpaired) electrons. The first-order valence-electron chi connectivity index (χ1n) is 9.04. The van der Waals surface area contributed by atoms with Crippen LogP contribution in [0.25, 0.3) is 0 Å². The Morgan fingerprint density at radius 1 is 1.15 bits per heavy atom. The second-order valence-electron chi connectivity index (χ2n) is 6.13. The van der Waals surface area contributed by atoms with Gasteiger partial charge in [0, 0.05) is 19.2 Å². The van der Waals surface area contributed by atoms with Crippen molar-refractivity contribution in [2.75, 3.05) is 33.4 Å². The highest BCUT2D eigenvalue weighted by molar-refractivity contribution is 5.81. The quantitative estimate of drug-likeness (QED) is 0.527. The molecule has 0 bridgehead atoms. The number of rotatable bonds is 8. The van der Waals surface area contributed by atoms with E-state index < -0.39 is 17.2 Å². The normalized spacial score (nSPS) is 14.8. The highest BCUT2D eigenvalue weighted by Gasteiger charge is 2.41. The second-order valence-corrected chi connectivity index (χ2v) is 6.13. The molecule has 1 fully saturated rings. The van der Waals surface area contributed by atoms with Crippen LogP contribution in [0.15, 0.2) is 24.3 Å². The number of halogens is 2. The molecule has 1 saturated carbocycles. The van der Waals surface area contributed by atoms with Crippen LogP contribution in [0.5, 0.6) is 0 Å². The van der Waals surface area contributed by atoms with Gasteiger partial charge in [-0.2, -0.15) is 0 Å². The van der Waals surface area contributed by atoms with E-state index in [4.69, 9.17) is 9.47 Å². The number of esters is 2. The lowest BCUT2D eigenvalue weighted by Crippen LogP contribution is -2.52. The van der Waals surface area contributed by atoms with Crippen LogP contribution in [-0.2, 0) is 19.1 Å². The molecule has 1 aliphatic carbocycles. The van der Waals surface area contributed by atoms with E-state index in [1.54, 1.807) is 6.92 Å². The Hall–Kier alpha value is -2.06. The summed E-state index contributed by atoms with van der Waals surface area (Å²) in [4.78, 5) is 22.9. The lowest BCUT2D eigenvalue weighted by atomic mass is 9.98. The maximum Gasteiger partial charge on any atom is 0.326 e. The van der Waals surface area contributed by atoms with Crippen molar-refractivity contribution in [2.24, 2.45) is 0 Å². The molecule has 0 heterocycles. The number of benzene rings is 1. The summed E-state index contributed by atoms with van der Waals surface area (Å²) in [5.41, 5.74) is -0.527. The van der Waals surface area contributed by atoms with Crippen LogP contribution in [-0.4, -0.2) is 50.8 Å². The van der Waals surface area contributed by atoms with Gasteiger partial charge in [0.15, 0.2) is 0 Å². The Morgan fingerprint density at radius 3 is 2.26 bits per heavy atom. The Kier molecular flexibility index (Phi) is 10.5. The fraction of sp³-hybridized carbons (Fsp3) is 0.579. The molecular formula is C19H28F2N2O4. The van der Waals surface area contributed by atoms with Crippen LogP contribution in [0.2, 0.25) is 0 Å². The number of carbonyl (C=O) groups is 2. The molecule has 0 aromatic heterocycles. The first-order chi connectivity index (χ1) is 12.9. The zero-order chi connectivity index (χ0) is 20.1. The number of ether oxygens (including phenoxy) is 2. The first kappa shape index (κ1) is 23.0. The predicted molar refractivity (Wildman–Crippen MR) is 97.1 cm³/mol. The fourth-order valence-corrected chi connectivity index (χ4v) is 2.88. The van der Waals surface area contributed by atoms with Gasteiger partial charge < -0.3 is 20.1 Å². The Bertz CT molecular complexity index is 576. The number of methoxy groups -OCH3 is 1. The summed E-state index contributed by atoms with van der Waals surface area (Å²) in [5, 5.41) is 6.24. The van der Waals surface area contributed by atoms with Gasteiger partial charge >= 0.3 is 11.9 Å². The van der Waals surface area contributed by atoms with Crippen LogP contribution >= 0.6 is 0 Å². The zero-order valence-electron chi connectivity index (χ0n) is 15.9. The average molecular weight is 386 g/mol. The van der Waals surface area contributed by atoms with Crippen molar-refractivity contribution in [2.45, 2.75) is 38.1 Å². The van der Waals surface area contributed by atoms with Gasteiger partial charge in [-0.25, -0.2) is 8.78 Å². The molecule has 2 N–H and O–H groups in total. The van der Waals surface area contributed by atoms with Crippen LogP contribution in [0.1, 0.15) is 32.6 Å². The van der Waals surface area contributed by atoms with E-state index in [2.05, 4.69) is 10.6 Å². The monoisotopic (exact) mass is 386 g/mol. The molecule has 0 unspecified atom stereocenters. The largest absolute Gasteiger partial charge is 0.468 e. The summed E-state index contributed by atoms with van der Waals surface area (Å²) in [6.07, 6.45) is 3.71. The molecule has 1 aromatic rings. The Labute approximate surface area is 158 Å². The van der Waals surface area contributed by atoms with E-state index in [1.165, 1.54) is 25.3 Å². The summed E-state index contributed by atoms with van der Waals surface area (Å²) < 4.78 is 33.5. The summed E-state index contributed by atoms with van der Waals surface area (Å²) in [6.45, 7) is 3.59. The minimum absolute atomic E-state index is 0.185. The number of carbonyl (C=O) groups excluding carboxylic acids is 2. The van der Waals surface area contributed by atoms with Crippen molar-refractivity contribution in [1.29, 1.82) is 0 Å². The SMILES string of the molecule is CCOC(=O)CNCCNC1(C(=O)OC)CCCC1.Fc1cccc(F)c1. The van der Waals surface area contributed by atoms with Gasteiger partial charge in [-0.3, -0.25) is 9.59 Å². The van der Waals surface area contributed by atoms with Crippen molar-refractivity contribution >= 4 is 11.9 Å². The Balaban J connectivity index is 0.000000377. The lowest BCUT2D eigenvalue weighted by Gasteiger charge is -2.27. The standard InChI is InChI=1S/C13H24N2O4.C6H4F2/c1-3-19-11(16)10-14-8-9-15-13(12(17)18-2)6-4-5-7-13;7-5-2-1-3-6(8)4-5/h14-15H,3-10H2,1-2H3;1-4H. The van der Waals surface area contributed by atoms with E-state index in [9.17, 15) is 18.4 Å². The van der Waals surface area contributed by atoms with Gasteiger partial charge in [0.2, 0.25) is 0 Å².